The molecule has 0 aromatic heterocycles. The molecule has 0 aromatic rings. The number of rotatable bonds is 70. The first-order valence-corrected chi connectivity index (χ1v) is 40.8. The minimum absolute atomic E-state index is 0.0737. The molecule has 3 N–H and O–H groups in total. The molecule has 19 heteroatoms. The highest BCUT2D eigenvalue weighted by atomic mass is 31.2. The molecule has 0 radical (unpaired) electrons. The van der Waals surface area contributed by atoms with Crippen LogP contribution in [0.25, 0.3) is 0 Å². The van der Waals surface area contributed by atoms with E-state index in [1.165, 1.54) is 38.5 Å². The van der Waals surface area contributed by atoms with Crippen LogP contribution < -0.4 is 0 Å². The quantitative estimate of drug-likeness (QED) is 0.0169. The first-order valence-electron chi connectivity index (χ1n) is 37.8. The highest BCUT2D eigenvalue weighted by molar-refractivity contribution is 7.47. The van der Waals surface area contributed by atoms with Crippen LogP contribution in [0.15, 0.2) is 122 Å². The summed E-state index contributed by atoms with van der Waals surface area (Å²) in [7, 11) is -9.97. The van der Waals surface area contributed by atoms with Crippen molar-refractivity contribution in [2.24, 2.45) is 0 Å². The van der Waals surface area contributed by atoms with Crippen LogP contribution in [0.2, 0.25) is 0 Å². The second-order valence-corrected chi connectivity index (χ2v) is 27.7. The lowest BCUT2D eigenvalue weighted by Crippen LogP contribution is -2.30. The second-order valence-electron chi connectivity index (χ2n) is 24.8. The van der Waals surface area contributed by atoms with Crippen LogP contribution >= 0.6 is 15.6 Å². The zero-order valence-electron chi connectivity index (χ0n) is 61.2. The van der Waals surface area contributed by atoms with Gasteiger partial charge >= 0.3 is 39.5 Å². The van der Waals surface area contributed by atoms with E-state index in [1.807, 2.05) is 12.2 Å². The van der Waals surface area contributed by atoms with Gasteiger partial charge in [-0.15, -0.1) is 0 Å². The monoisotopic (exact) mass is 1420 g/mol. The fourth-order valence-corrected chi connectivity index (χ4v) is 11.3. The minimum atomic E-state index is -4.98. The smallest absolute Gasteiger partial charge is 0.462 e. The molecule has 0 bridgehead atoms. The summed E-state index contributed by atoms with van der Waals surface area (Å²) in [5.41, 5.74) is 0. The number of carbonyl (C=O) groups is 4. The van der Waals surface area contributed by atoms with Gasteiger partial charge in [0.2, 0.25) is 0 Å². The summed E-state index contributed by atoms with van der Waals surface area (Å²) in [5, 5.41) is 10.6. The SMILES string of the molecule is CC/C=C\C/C=C\C/C=C\C/C=C\C/C=C\CCCC(=O)OCC(COP(=O)(O)OCC(O)COP(=O)(O)OCC(COC(=O)CCCCCCCCC/C=C\C/C=C\C/C=C\CC)OC(=O)CCCCCCC/C=C\C/C=C\CCC)OC(=O)CCCCCCCCCCCCC. The summed E-state index contributed by atoms with van der Waals surface area (Å²) in [6, 6.07) is 0. The van der Waals surface area contributed by atoms with Crippen molar-refractivity contribution in [3.63, 3.8) is 0 Å². The van der Waals surface area contributed by atoms with E-state index in [4.69, 9.17) is 37.0 Å². The molecule has 0 saturated carbocycles. The van der Waals surface area contributed by atoms with Crippen LogP contribution in [0.4, 0.5) is 0 Å². The number of aliphatic hydroxyl groups excluding tert-OH is 1. The van der Waals surface area contributed by atoms with E-state index in [0.29, 0.717) is 32.1 Å². The van der Waals surface area contributed by atoms with Gasteiger partial charge in [-0.1, -0.05) is 271 Å². The van der Waals surface area contributed by atoms with Gasteiger partial charge in [-0.2, -0.15) is 0 Å². The second kappa shape index (κ2) is 70.9. The summed E-state index contributed by atoms with van der Waals surface area (Å²) >= 11 is 0. The molecular weight excluding hydrogens is 1280 g/mol. The standard InChI is InChI=1S/C79H134O17P2/c1-5-9-13-17-21-25-29-32-34-36-38-41-44-47-51-55-59-63-76(81)89-69-74(95-78(83)65-61-57-53-49-43-28-24-20-16-12-8-4)71-93-97(85,86)91-67-73(80)68-92-98(87,88)94-72-75(96-79(84)66-62-58-54-50-46-40-31-27-23-19-15-11-7-3)70-90-77(82)64-60-56-52-48-45-42-39-37-35-33-30-26-22-18-14-10-6-2/h9-10,13-15,19,21-22,25-27,31-35,38,41,47,51,73-75,80H,5-8,11-12,16-18,20,23-24,28-30,36-37,39-40,42-46,48-50,52-72H2,1-4H3,(H,85,86)(H,87,88)/b13-9-,14-10-,19-15-,25-21-,26-22-,31-27-,34-32-,35-33-,41-38-,51-47-. The number of ether oxygens (including phenoxy) is 4. The molecule has 0 rings (SSSR count). The summed E-state index contributed by atoms with van der Waals surface area (Å²) in [5.74, 6) is -2.26. The largest absolute Gasteiger partial charge is 0.472 e. The van der Waals surface area contributed by atoms with Crippen LogP contribution in [0, 0.1) is 0 Å². The fourth-order valence-electron chi connectivity index (χ4n) is 9.72. The lowest BCUT2D eigenvalue weighted by Gasteiger charge is -2.21. The number of phosphoric ester groups is 2. The molecule has 17 nitrogen and oxygen atoms in total. The van der Waals surface area contributed by atoms with E-state index in [1.54, 1.807) is 0 Å². The van der Waals surface area contributed by atoms with Gasteiger partial charge in [-0.3, -0.25) is 37.3 Å². The van der Waals surface area contributed by atoms with Crippen molar-refractivity contribution in [2.45, 2.75) is 316 Å². The average Bonchev–Trinajstić information content (AvgIpc) is 0.985. The van der Waals surface area contributed by atoms with Crippen molar-refractivity contribution in [2.75, 3.05) is 39.6 Å². The maximum absolute atomic E-state index is 13.1. The van der Waals surface area contributed by atoms with Crippen LogP contribution in [0.1, 0.15) is 297 Å². The lowest BCUT2D eigenvalue weighted by atomic mass is 10.1. The van der Waals surface area contributed by atoms with E-state index in [-0.39, 0.29) is 25.7 Å². The van der Waals surface area contributed by atoms with E-state index in [0.717, 1.165) is 173 Å². The highest BCUT2D eigenvalue weighted by Gasteiger charge is 2.30. The van der Waals surface area contributed by atoms with Gasteiger partial charge < -0.3 is 33.8 Å². The molecule has 562 valence electrons. The van der Waals surface area contributed by atoms with E-state index < -0.39 is 97.5 Å². The van der Waals surface area contributed by atoms with Gasteiger partial charge in [0.1, 0.15) is 19.3 Å². The molecule has 0 aromatic carbocycles. The van der Waals surface area contributed by atoms with Gasteiger partial charge in [-0.05, 0) is 122 Å². The first-order chi connectivity index (χ1) is 47.7. The van der Waals surface area contributed by atoms with E-state index >= 15 is 0 Å². The highest BCUT2D eigenvalue weighted by Crippen LogP contribution is 2.45. The Morgan fingerprint density at radius 1 is 0.296 bits per heavy atom. The summed E-state index contributed by atoms with van der Waals surface area (Å²) in [4.78, 5) is 72.8. The number of carbonyl (C=O) groups excluding carboxylic acids is 4. The predicted molar refractivity (Wildman–Crippen MR) is 399 cm³/mol. The van der Waals surface area contributed by atoms with Gasteiger partial charge in [0.15, 0.2) is 12.2 Å². The van der Waals surface area contributed by atoms with Gasteiger partial charge in [0.05, 0.1) is 26.4 Å². The Labute approximate surface area is 593 Å². The summed E-state index contributed by atoms with van der Waals surface area (Å²) in [6.45, 7) is 4.48. The number of phosphoric acid groups is 2. The molecule has 0 spiro atoms. The number of hydrogen-bond acceptors (Lipinski definition) is 15. The number of hydrogen-bond donors (Lipinski definition) is 3. The molecular formula is C79H134O17P2. The number of esters is 4. The Balaban J connectivity index is 5.37. The van der Waals surface area contributed by atoms with Crippen molar-refractivity contribution in [1.29, 1.82) is 0 Å². The molecule has 0 aliphatic carbocycles. The fraction of sp³-hybridized carbons (Fsp3) is 0.696. The van der Waals surface area contributed by atoms with Gasteiger partial charge in [-0.25, -0.2) is 9.13 Å². The molecule has 5 unspecified atom stereocenters. The summed E-state index contributed by atoms with van der Waals surface area (Å²) in [6.07, 6.45) is 76.3. The topological polar surface area (TPSA) is 237 Å². The van der Waals surface area contributed by atoms with Crippen molar-refractivity contribution >= 4 is 39.5 Å². The van der Waals surface area contributed by atoms with E-state index in [9.17, 15) is 43.2 Å². The zero-order valence-corrected chi connectivity index (χ0v) is 63.0. The van der Waals surface area contributed by atoms with E-state index in [2.05, 4.69) is 137 Å². The molecule has 0 amide bonds. The minimum Gasteiger partial charge on any atom is -0.462 e. The Bertz CT molecular complexity index is 2340. The summed E-state index contributed by atoms with van der Waals surface area (Å²) < 4.78 is 68.3. The molecule has 5 atom stereocenters. The van der Waals surface area contributed by atoms with Gasteiger partial charge in [0, 0.05) is 25.7 Å². The predicted octanol–water partition coefficient (Wildman–Crippen LogP) is 21.6. The van der Waals surface area contributed by atoms with Gasteiger partial charge in [0.25, 0.3) is 0 Å². The van der Waals surface area contributed by atoms with Crippen LogP contribution in [0.3, 0.4) is 0 Å². The molecule has 0 fully saturated rings. The number of allylic oxidation sites excluding steroid dienone is 20. The third kappa shape index (κ3) is 69.9. The molecule has 0 saturated heterocycles. The Morgan fingerprint density at radius 2 is 0.561 bits per heavy atom. The first kappa shape index (κ1) is 93.5. The maximum Gasteiger partial charge on any atom is 0.472 e. The van der Waals surface area contributed by atoms with Crippen molar-refractivity contribution in [3.8, 4) is 0 Å². The van der Waals surface area contributed by atoms with Crippen LogP contribution in [-0.4, -0.2) is 96.7 Å². The third-order valence-electron chi connectivity index (χ3n) is 15.4. The Morgan fingerprint density at radius 3 is 0.898 bits per heavy atom. The third-order valence-corrected chi connectivity index (χ3v) is 17.3. The van der Waals surface area contributed by atoms with Crippen molar-refractivity contribution < 1.29 is 80.2 Å². The molecule has 0 aliphatic heterocycles. The van der Waals surface area contributed by atoms with Crippen molar-refractivity contribution in [3.05, 3.63) is 122 Å². The normalized spacial score (nSPS) is 14.6. The Kier molecular flexibility index (Phi) is 67.6. The van der Waals surface area contributed by atoms with Crippen LogP contribution in [0.5, 0.6) is 0 Å². The van der Waals surface area contributed by atoms with Crippen molar-refractivity contribution in [1.82, 2.24) is 0 Å². The Hall–Kier alpha value is -4.54. The average molecular weight is 1420 g/mol. The maximum atomic E-state index is 13.1. The number of unbranched alkanes of at least 4 members (excludes halogenated alkanes) is 24. The zero-order chi connectivity index (χ0) is 71.8. The number of aliphatic hydroxyl groups is 1. The van der Waals surface area contributed by atoms with Crippen LogP contribution in [-0.2, 0) is 65.4 Å². The molecule has 0 aliphatic rings. The molecule has 98 heavy (non-hydrogen) atoms. The lowest BCUT2D eigenvalue weighted by molar-refractivity contribution is -0.161. The molecule has 0 heterocycles.